The lowest BCUT2D eigenvalue weighted by molar-refractivity contribution is -0.151. The first-order chi connectivity index (χ1) is 9.52. The van der Waals surface area contributed by atoms with Gasteiger partial charge in [-0.1, -0.05) is 19.4 Å². The summed E-state index contributed by atoms with van der Waals surface area (Å²) in [5.41, 5.74) is 1.63. The molecule has 1 aliphatic rings. The van der Waals surface area contributed by atoms with Crippen LogP contribution in [0, 0.1) is 11.8 Å². The summed E-state index contributed by atoms with van der Waals surface area (Å²) in [5, 5.41) is 0. The van der Waals surface area contributed by atoms with Gasteiger partial charge in [0.15, 0.2) is 0 Å². The Hall–Kier alpha value is -1.32. The van der Waals surface area contributed by atoms with Crippen LogP contribution in [0.15, 0.2) is 11.1 Å². The molecule has 0 saturated heterocycles. The number of allylic oxidation sites excluding steroid dienone is 1. The van der Waals surface area contributed by atoms with Gasteiger partial charge in [-0.05, 0) is 45.4 Å². The molecular weight excluding hydrogens is 256 g/mol. The maximum absolute atomic E-state index is 12.3. The minimum Gasteiger partial charge on any atom is -0.466 e. The van der Waals surface area contributed by atoms with Gasteiger partial charge >= 0.3 is 11.9 Å². The van der Waals surface area contributed by atoms with Crippen molar-refractivity contribution in [3.63, 3.8) is 0 Å². The number of carbonyl (C=O) groups excluding carboxylic acids is 2. The summed E-state index contributed by atoms with van der Waals surface area (Å²) >= 11 is 0. The van der Waals surface area contributed by atoms with Gasteiger partial charge in [-0.15, -0.1) is 0 Å². The second kappa shape index (κ2) is 8.08. The highest BCUT2D eigenvalue weighted by atomic mass is 16.5. The molecule has 1 atom stereocenters. The smallest absolute Gasteiger partial charge is 0.334 e. The average molecular weight is 282 g/mol. The van der Waals surface area contributed by atoms with E-state index in [1.54, 1.807) is 13.8 Å². The Kier molecular flexibility index (Phi) is 6.76. The lowest BCUT2D eigenvalue weighted by atomic mass is 9.84. The number of rotatable bonds is 6. The van der Waals surface area contributed by atoms with E-state index in [1.807, 2.05) is 13.8 Å². The zero-order valence-electron chi connectivity index (χ0n) is 13.0. The Morgan fingerprint density at radius 2 is 1.60 bits per heavy atom. The van der Waals surface area contributed by atoms with E-state index in [0.29, 0.717) is 18.8 Å². The van der Waals surface area contributed by atoms with Gasteiger partial charge in [0.05, 0.1) is 24.7 Å². The molecule has 1 saturated carbocycles. The molecule has 0 N–H and O–H groups in total. The number of ether oxygens (including phenoxy) is 2. The van der Waals surface area contributed by atoms with Gasteiger partial charge < -0.3 is 9.47 Å². The maximum Gasteiger partial charge on any atom is 0.334 e. The quantitative estimate of drug-likeness (QED) is 0.554. The average Bonchev–Trinajstić information content (AvgIpc) is 2.88. The van der Waals surface area contributed by atoms with Crippen molar-refractivity contribution in [2.24, 2.45) is 11.8 Å². The third kappa shape index (κ3) is 4.09. The predicted molar refractivity (Wildman–Crippen MR) is 77.1 cm³/mol. The summed E-state index contributed by atoms with van der Waals surface area (Å²) in [6, 6.07) is 0. The van der Waals surface area contributed by atoms with Gasteiger partial charge in [0.1, 0.15) is 0 Å². The van der Waals surface area contributed by atoms with Crippen LogP contribution in [0.1, 0.15) is 53.4 Å². The molecule has 1 rings (SSSR count). The van der Waals surface area contributed by atoms with Crippen LogP contribution in [0.3, 0.4) is 0 Å². The fourth-order valence-corrected chi connectivity index (χ4v) is 2.73. The van der Waals surface area contributed by atoms with Crippen LogP contribution in [0.5, 0.6) is 0 Å². The number of carbonyl (C=O) groups is 2. The molecular formula is C16H26O4. The highest BCUT2D eigenvalue weighted by Gasteiger charge is 2.35. The molecule has 0 amide bonds. The Bertz CT molecular complexity index is 374. The van der Waals surface area contributed by atoms with Crippen molar-refractivity contribution in [3.05, 3.63) is 11.1 Å². The first-order valence-corrected chi connectivity index (χ1v) is 7.58. The molecule has 0 bridgehead atoms. The molecule has 0 aromatic rings. The molecule has 1 unspecified atom stereocenters. The standard InChI is InChI=1S/C16H26O4/c1-5-19-15(17)13(11(3)4)14(16(18)20-6-2)12-9-7-8-10-12/h11,13H,5-10H2,1-4H3. The van der Waals surface area contributed by atoms with E-state index in [1.165, 1.54) is 0 Å². The van der Waals surface area contributed by atoms with Gasteiger partial charge in [-0.2, -0.15) is 0 Å². The monoisotopic (exact) mass is 282 g/mol. The van der Waals surface area contributed by atoms with Crippen LogP contribution in [-0.4, -0.2) is 25.2 Å². The molecule has 0 aliphatic heterocycles. The first kappa shape index (κ1) is 16.7. The SMILES string of the molecule is CCOC(=O)C(=C1CCCC1)C(C(=O)OCC)C(C)C. The van der Waals surface area contributed by atoms with Crippen LogP contribution in [0.25, 0.3) is 0 Å². The molecule has 0 radical (unpaired) electrons. The zero-order chi connectivity index (χ0) is 15.1. The fourth-order valence-electron chi connectivity index (χ4n) is 2.73. The van der Waals surface area contributed by atoms with Crippen molar-refractivity contribution in [1.82, 2.24) is 0 Å². The number of hydrogen-bond donors (Lipinski definition) is 0. The predicted octanol–water partition coefficient (Wildman–Crippen LogP) is 3.26. The Balaban J connectivity index is 3.14. The maximum atomic E-state index is 12.3. The summed E-state index contributed by atoms with van der Waals surface area (Å²) < 4.78 is 10.3. The van der Waals surface area contributed by atoms with E-state index in [-0.39, 0.29) is 17.9 Å². The second-order valence-corrected chi connectivity index (χ2v) is 5.42. The molecule has 4 heteroatoms. The first-order valence-electron chi connectivity index (χ1n) is 7.58. The van der Waals surface area contributed by atoms with Gasteiger partial charge in [0.25, 0.3) is 0 Å². The number of esters is 2. The van der Waals surface area contributed by atoms with E-state index < -0.39 is 5.92 Å². The molecule has 4 nitrogen and oxygen atoms in total. The molecule has 1 aliphatic carbocycles. The molecule has 20 heavy (non-hydrogen) atoms. The van der Waals surface area contributed by atoms with Crippen LogP contribution in [0.2, 0.25) is 0 Å². The van der Waals surface area contributed by atoms with Crippen molar-refractivity contribution >= 4 is 11.9 Å². The molecule has 114 valence electrons. The minimum atomic E-state index is -0.512. The summed E-state index contributed by atoms with van der Waals surface area (Å²) in [4.78, 5) is 24.5. The lowest BCUT2D eigenvalue weighted by Gasteiger charge is -2.23. The summed E-state index contributed by atoms with van der Waals surface area (Å²) in [7, 11) is 0. The lowest BCUT2D eigenvalue weighted by Crippen LogP contribution is -2.30. The summed E-state index contributed by atoms with van der Waals surface area (Å²) in [6.45, 7) is 8.09. The van der Waals surface area contributed by atoms with Crippen LogP contribution >= 0.6 is 0 Å². The minimum absolute atomic E-state index is 0.0153. The summed E-state index contributed by atoms with van der Waals surface area (Å²) in [5.74, 6) is -1.16. The van der Waals surface area contributed by atoms with E-state index in [9.17, 15) is 9.59 Å². The number of hydrogen-bond acceptors (Lipinski definition) is 4. The Labute approximate surface area is 121 Å². The van der Waals surface area contributed by atoms with E-state index in [0.717, 1.165) is 31.3 Å². The normalized spacial score (nSPS) is 16.1. The molecule has 0 aromatic carbocycles. The molecule has 0 spiro atoms. The van der Waals surface area contributed by atoms with Gasteiger partial charge in [-0.3, -0.25) is 4.79 Å². The van der Waals surface area contributed by atoms with Crippen molar-refractivity contribution in [1.29, 1.82) is 0 Å². The van der Waals surface area contributed by atoms with Crippen LogP contribution in [-0.2, 0) is 19.1 Å². The van der Waals surface area contributed by atoms with E-state index >= 15 is 0 Å². The summed E-state index contributed by atoms with van der Waals surface area (Å²) in [6.07, 6.45) is 3.92. The Morgan fingerprint density at radius 3 is 2.05 bits per heavy atom. The molecule has 0 aromatic heterocycles. The van der Waals surface area contributed by atoms with Crippen molar-refractivity contribution in [3.8, 4) is 0 Å². The van der Waals surface area contributed by atoms with E-state index in [2.05, 4.69) is 0 Å². The van der Waals surface area contributed by atoms with Gasteiger partial charge in [0.2, 0.25) is 0 Å². The molecule has 0 heterocycles. The largest absolute Gasteiger partial charge is 0.466 e. The van der Waals surface area contributed by atoms with Crippen molar-refractivity contribution in [2.75, 3.05) is 13.2 Å². The van der Waals surface area contributed by atoms with Gasteiger partial charge in [0, 0.05) is 0 Å². The molecule has 1 fully saturated rings. The van der Waals surface area contributed by atoms with E-state index in [4.69, 9.17) is 9.47 Å². The third-order valence-corrected chi connectivity index (χ3v) is 3.60. The fraction of sp³-hybridized carbons (Fsp3) is 0.750. The third-order valence-electron chi connectivity index (χ3n) is 3.60. The highest BCUT2D eigenvalue weighted by molar-refractivity contribution is 5.96. The van der Waals surface area contributed by atoms with Crippen LogP contribution < -0.4 is 0 Å². The van der Waals surface area contributed by atoms with Crippen LogP contribution in [0.4, 0.5) is 0 Å². The topological polar surface area (TPSA) is 52.6 Å². The zero-order valence-corrected chi connectivity index (χ0v) is 13.0. The highest BCUT2D eigenvalue weighted by Crippen LogP contribution is 2.34. The Morgan fingerprint density at radius 1 is 1.05 bits per heavy atom. The second-order valence-electron chi connectivity index (χ2n) is 5.42. The van der Waals surface area contributed by atoms with Crippen molar-refractivity contribution in [2.45, 2.75) is 53.4 Å². The van der Waals surface area contributed by atoms with Gasteiger partial charge in [-0.25, -0.2) is 4.79 Å². The van der Waals surface area contributed by atoms with Crippen molar-refractivity contribution < 1.29 is 19.1 Å².